The van der Waals surface area contributed by atoms with Gasteiger partial charge in [-0.1, -0.05) is 23.5 Å². The molecule has 1 aromatic heterocycles. The molecule has 1 saturated heterocycles. The summed E-state index contributed by atoms with van der Waals surface area (Å²) in [6.45, 7) is 2.49. The fraction of sp³-hybridized carbons (Fsp3) is 0.280. The van der Waals surface area contributed by atoms with Crippen LogP contribution in [0.2, 0.25) is 0 Å². The SMILES string of the molecule is CCOc1ccc2sc(NC(=O)c3ccc(N4C(=O)[C@@H]5[C@H](C4=O)[C@H]4C=C[C@H]5C4)cc3)nc2c1. The number of thiazole rings is 1. The molecule has 0 radical (unpaired) electrons. The molecule has 166 valence electrons. The molecule has 6 rings (SSSR count). The zero-order chi connectivity index (χ0) is 22.7. The highest BCUT2D eigenvalue weighted by Crippen LogP contribution is 2.53. The lowest BCUT2D eigenvalue weighted by Gasteiger charge is -2.17. The number of imide groups is 1. The molecular weight excluding hydrogens is 438 g/mol. The quantitative estimate of drug-likeness (QED) is 0.455. The van der Waals surface area contributed by atoms with Gasteiger partial charge in [0, 0.05) is 11.6 Å². The molecule has 2 heterocycles. The highest BCUT2D eigenvalue weighted by Gasteiger charge is 2.59. The van der Waals surface area contributed by atoms with Crippen molar-refractivity contribution in [2.75, 3.05) is 16.8 Å². The highest BCUT2D eigenvalue weighted by molar-refractivity contribution is 7.22. The van der Waals surface area contributed by atoms with Crippen molar-refractivity contribution in [1.29, 1.82) is 0 Å². The number of anilines is 2. The van der Waals surface area contributed by atoms with Crippen LogP contribution in [-0.2, 0) is 9.59 Å². The van der Waals surface area contributed by atoms with E-state index in [1.165, 1.54) is 16.2 Å². The summed E-state index contributed by atoms with van der Waals surface area (Å²) in [5.74, 6) is 0.0526. The minimum atomic E-state index is -0.302. The number of allylic oxidation sites excluding steroid dienone is 2. The Bertz CT molecular complexity index is 1300. The van der Waals surface area contributed by atoms with Crippen LogP contribution in [0.15, 0.2) is 54.6 Å². The van der Waals surface area contributed by atoms with Gasteiger partial charge in [-0.2, -0.15) is 0 Å². The Morgan fingerprint density at radius 2 is 1.79 bits per heavy atom. The maximum absolute atomic E-state index is 13.0. The molecule has 33 heavy (non-hydrogen) atoms. The molecule has 3 aromatic rings. The predicted octanol–water partition coefficient (Wildman–Crippen LogP) is 4.26. The molecule has 2 aliphatic carbocycles. The Labute approximate surface area is 194 Å². The van der Waals surface area contributed by atoms with Crippen LogP contribution in [0.5, 0.6) is 5.75 Å². The predicted molar refractivity (Wildman–Crippen MR) is 125 cm³/mol. The lowest BCUT2D eigenvalue weighted by molar-refractivity contribution is -0.123. The number of nitrogens with one attached hydrogen (secondary N) is 1. The minimum Gasteiger partial charge on any atom is -0.494 e. The largest absolute Gasteiger partial charge is 0.494 e. The molecule has 2 aromatic carbocycles. The molecule has 1 aliphatic heterocycles. The minimum absolute atomic E-state index is 0.125. The second kappa shape index (κ2) is 7.52. The lowest BCUT2D eigenvalue weighted by Crippen LogP contribution is -2.32. The number of hydrogen-bond acceptors (Lipinski definition) is 6. The molecule has 1 N–H and O–H groups in total. The molecule has 4 atom stereocenters. The van der Waals surface area contributed by atoms with Crippen LogP contribution in [0.3, 0.4) is 0 Å². The molecule has 1 saturated carbocycles. The third kappa shape index (κ3) is 3.16. The second-order valence-corrected chi connectivity index (χ2v) is 9.62. The van der Waals surface area contributed by atoms with Gasteiger partial charge >= 0.3 is 0 Å². The molecule has 3 aliphatic rings. The molecule has 0 spiro atoms. The number of ether oxygens (including phenoxy) is 1. The zero-order valence-electron chi connectivity index (χ0n) is 17.9. The first-order valence-corrected chi connectivity index (χ1v) is 11.9. The van der Waals surface area contributed by atoms with Crippen molar-refractivity contribution in [2.24, 2.45) is 23.7 Å². The van der Waals surface area contributed by atoms with Crippen LogP contribution in [0.4, 0.5) is 10.8 Å². The first-order chi connectivity index (χ1) is 16.0. The number of aromatic nitrogens is 1. The van der Waals surface area contributed by atoms with Gasteiger partial charge in [0.2, 0.25) is 11.8 Å². The van der Waals surface area contributed by atoms with Crippen molar-refractivity contribution >= 4 is 50.1 Å². The summed E-state index contributed by atoms with van der Waals surface area (Å²) in [6, 6.07) is 12.2. The highest BCUT2D eigenvalue weighted by atomic mass is 32.1. The first kappa shape index (κ1) is 20.1. The molecule has 7 nitrogen and oxygen atoms in total. The number of carbonyl (C=O) groups excluding carboxylic acids is 3. The van der Waals surface area contributed by atoms with Gasteiger partial charge in [0.05, 0.1) is 34.3 Å². The van der Waals surface area contributed by atoms with E-state index in [-0.39, 0.29) is 41.4 Å². The first-order valence-electron chi connectivity index (χ1n) is 11.0. The van der Waals surface area contributed by atoms with Crippen LogP contribution in [-0.4, -0.2) is 29.3 Å². The Morgan fingerprint density at radius 1 is 1.09 bits per heavy atom. The monoisotopic (exact) mass is 459 g/mol. The summed E-state index contributed by atoms with van der Waals surface area (Å²) >= 11 is 1.38. The summed E-state index contributed by atoms with van der Waals surface area (Å²) in [6.07, 6.45) is 5.06. The number of nitrogens with zero attached hydrogens (tertiary/aromatic N) is 2. The van der Waals surface area contributed by atoms with E-state index >= 15 is 0 Å². The summed E-state index contributed by atoms with van der Waals surface area (Å²) < 4.78 is 6.45. The summed E-state index contributed by atoms with van der Waals surface area (Å²) in [5.41, 5.74) is 1.70. The zero-order valence-corrected chi connectivity index (χ0v) is 18.7. The molecule has 2 bridgehead atoms. The van der Waals surface area contributed by atoms with Crippen molar-refractivity contribution in [1.82, 2.24) is 4.98 Å². The van der Waals surface area contributed by atoms with Crippen LogP contribution >= 0.6 is 11.3 Å². The third-order valence-electron chi connectivity index (χ3n) is 6.75. The van der Waals surface area contributed by atoms with Gasteiger partial charge in [-0.15, -0.1) is 0 Å². The van der Waals surface area contributed by atoms with E-state index in [0.717, 1.165) is 22.4 Å². The van der Waals surface area contributed by atoms with Crippen molar-refractivity contribution in [2.45, 2.75) is 13.3 Å². The average Bonchev–Trinajstić information content (AvgIpc) is 3.57. The van der Waals surface area contributed by atoms with Gasteiger partial charge in [0.25, 0.3) is 5.91 Å². The van der Waals surface area contributed by atoms with E-state index in [1.54, 1.807) is 24.3 Å². The van der Waals surface area contributed by atoms with E-state index in [1.807, 2.05) is 25.1 Å². The van der Waals surface area contributed by atoms with Gasteiger partial charge in [-0.05, 0) is 61.6 Å². The van der Waals surface area contributed by atoms with Crippen LogP contribution in [0, 0.1) is 23.7 Å². The molecule has 2 fully saturated rings. The fourth-order valence-electron chi connectivity index (χ4n) is 5.31. The Hall–Kier alpha value is -3.52. The Balaban J connectivity index is 1.18. The average molecular weight is 460 g/mol. The Morgan fingerprint density at radius 3 is 2.45 bits per heavy atom. The molecule has 3 amide bonds. The fourth-order valence-corrected chi connectivity index (χ4v) is 6.15. The number of rotatable bonds is 5. The van der Waals surface area contributed by atoms with E-state index in [4.69, 9.17) is 4.74 Å². The standard InChI is InChI=1S/C25H21N3O4S/c1-2-32-17-9-10-19-18(12-17)26-25(33-19)27-22(29)13-5-7-16(8-6-13)28-23(30)20-14-3-4-15(11-14)21(20)24(28)31/h3-10,12,14-15,20-21H,2,11H2,1H3,(H,26,27,29)/t14-,15-,20-,21+/m0/s1. The number of hydrogen-bond donors (Lipinski definition) is 1. The second-order valence-electron chi connectivity index (χ2n) is 8.59. The lowest BCUT2D eigenvalue weighted by atomic mass is 9.85. The van der Waals surface area contributed by atoms with Gasteiger partial charge in [-0.25, -0.2) is 4.98 Å². The molecule has 8 heteroatoms. The third-order valence-corrected chi connectivity index (χ3v) is 7.70. The summed E-state index contributed by atoms with van der Waals surface area (Å²) in [7, 11) is 0. The maximum atomic E-state index is 13.0. The van der Waals surface area contributed by atoms with Crippen molar-refractivity contribution in [3.05, 3.63) is 60.2 Å². The van der Waals surface area contributed by atoms with Crippen LogP contribution in [0.1, 0.15) is 23.7 Å². The van der Waals surface area contributed by atoms with E-state index in [0.29, 0.717) is 23.0 Å². The smallest absolute Gasteiger partial charge is 0.257 e. The van der Waals surface area contributed by atoms with E-state index in [9.17, 15) is 14.4 Å². The van der Waals surface area contributed by atoms with Crippen molar-refractivity contribution in [3.8, 4) is 5.75 Å². The summed E-state index contributed by atoms with van der Waals surface area (Å²) in [5, 5.41) is 3.32. The number of fused-ring (bicyclic) bond motifs is 6. The van der Waals surface area contributed by atoms with Crippen molar-refractivity contribution in [3.63, 3.8) is 0 Å². The molecular formula is C25H21N3O4S. The van der Waals surface area contributed by atoms with Crippen LogP contribution < -0.4 is 15.0 Å². The van der Waals surface area contributed by atoms with Crippen LogP contribution in [0.25, 0.3) is 10.2 Å². The number of benzene rings is 2. The molecule has 0 unspecified atom stereocenters. The van der Waals surface area contributed by atoms with E-state index in [2.05, 4.69) is 22.5 Å². The van der Waals surface area contributed by atoms with Gasteiger partial charge < -0.3 is 4.74 Å². The topological polar surface area (TPSA) is 88.6 Å². The Kier molecular flexibility index (Phi) is 4.58. The number of carbonyl (C=O) groups is 3. The van der Waals surface area contributed by atoms with Crippen molar-refractivity contribution < 1.29 is 19.1 Å². The van der Waals surface area contributed by atoms with Gasteiger partial charge in [-0.3, -0.25) is 24.6 Å². The number of amides is 3. The van der Waals surface area contributed by atoms with E-state index < -0.39 is 0 Å². The normalized spacial score (nSPS) is 25.2. The van der Waals surface area contributed by atoms with Gasteiger partial charge in [0.15, 0.2) is 5.13 Å². The maximum Gasteiger partial charge on any atom is 0.257 e. The van der Waals surface area contributed by atoms with Gasteiger partial charge in [0.1, 0.15) is 5.75 Å². The summed E-state index contributed by atoms with van der Waals surface area (Å²) in [4.78, 5) is 44.5.